The number of aryl methyl sites for hydroxylation is 1. The molecule has 26 heavy (non-hydrogen) atoms. The summed E-state index contributed by atoms with van der Waals surface area (Å²) < 4.78 is 2.05. The molecular formula is C20H19N3O3. The Morgan fingerprint density at radius 2 is 1.81 bits per heavy atom. The first-order valence-corrected chi connectivity index (χ1v) is 8.18. The van der Waals surface area contributed by atoms with Crippen LogP contribution in [-0.4, -0.2) is 33.9 Å². The molecule has 0 bridgehead atoms. The van der Waals surface area contributed by atoms with E-state index in [4.69, 9.17) is 0 Å². The minimum Gasteiger partial charge on any atom is -0.318 e. The van der Waals surface area contributed by atoms with Gasteiger partial charge in [-0.05, 0) is 43.7 Å². The third-order valence-electron chi connectivity index (χ3n) is 4.28. The summed E-state index contributed by atoms with van der Waals surface area (Å²) in [5.41, 5.74) is 3.55. The molecule has 0 atom stereocenters. The largest absolute Gasteiger partial charge is 0.331 e. The highest BCUT2D eigenvalue weighted by Crippen LogP contribution is 2.24. The van der Waals surface area contributed by atoms with Crippen LogP contribution in [0.5, 0.6) is 0 Å². The second-order valence-corrected chi connectivity index (χ2v) is 6.02. The normalized spacial score (nSPS) is 16.2. The van der Waals surface area contributed by atoms with Crippen LogP contribution in [0, 0.1) is 13.8 Å². The molecule has 0 saturated carbocycles. The minimum atomic E-state index is -0.730. The molecule has 4 amide bonds. The van der Waals surface area contributed by atoms with Gasteiger partial charge in [0.1, 0.15) is 5.57 Å². The van der Waals surface area contributed by atoms with E-state index in [1.54, 1.807) is 0 Å². The Morgan fingerprint density at radius 3 is 2.46 bits per heavy atom. The molecule has 0 unspecified atom stereocenters. The fourth-order valence-electron chi connectivity index (χ4n) is 3.05. The highest BCUT2D eigenvalue weighted by molar-refractivity contribution is 6.31. The Kier molecular flexibility index (Phi) is 4.58. The first-order chi connectivity index (χ1) is 12.4. The number of nitrogens with zero attached hydrogens (tertiary/aromatic N) is 2. The van der Waals surface area contributed by atoms with Gasteiger partial charge in [-0.15, -0.1) is 6.58 Å². The average Bonchev–Trinajstić information content (AvgIpc) is 2.89. The van der Waals surface area contributed by atoms with E-state index in [1.807, 2.05) is 54.8 Å². The Bertz CT molecular complexity index is 939. The molecule has 1 aliphatic rings. The first-order valence-electron chi connectivity index (χ1n) is 8.18. The molecule has 2 aromatic rings. The second-order valence-electron chi connectivity index (χ2n) is 6.02. The summed E-state index contributed by atoms with van der Waals surface area (Å²) in [4.78, 5) is 37.5. The fraction of sp³-hybridized carbons (Fsp3) is 0.150. The molecule has 2 heterocycles. The molecule has 1 fully saturated rings. The third kappa shape index (κ3) is 2.97. The summed E-state index contributed by atoms with van der Waals surface area (Å²) in [6.07, 6.45) is 2.97. The topological polar surface area (TPSA) is 71.4 Å². The van der Waals surface area contributed by atoms with Crippen molar-refractivity contribution in [1.29, 1.82) is 0 Å². The summed E-state index contributed by atoms with van der Waals surface area (Å²) in [7, 11) is 0. The zero-order valence-electron chi connectivity index (χ0n) is 14.7. The van der Waals surface area contributed by atoms with Crippen LogP contribution >= 0.6 is 0 Å². The maximum absolute atomic E-state index is 12.5. The van der Waals surface area contributed by atoms with E-state index in [2.05, 4.69) is 11.9 Å². The van der Waals surface area contributed by atoms with Crippen molar-refractivity contribution < 1.29 is 14.4 Å². The van der Waals surface area contributed by atoms with Gasteiger partial charge in [-0.25, -0.2) is 4.79 Å². The monoisotopic (exact) mass is 349 g/mol. The van der Waals surface area contributed by atoms with E-state index in [0.717, 1.165) is 27.5 Å². The molecule has 1 aromatic heterocycles. The maximum Gasteiger partial charge on any atom is 0.331 e. The van der Waals surface area contributed by atoms with E-state index < -0.39 is 17.8 Å². The van der Waals surface area contributed by atoms with Crippen LogP contribution in [0.25, 0.3) is 11.8 Å². The lowest BCUT2D eigenvalue weighted by atomic mass is 10.1. The van der Waals surface area contributed by atoms with Crippen molar-refractivity contribution >= 4 is 23.9 Å². The Morgan fingerprint density at radius 1 is 1.12 bits per heavy atom. The van der Waals surface area contributed by atoms with Gasteiger partial charge in [0, 0.05) is 23.6 Å². The lowest BCUT2D eigenvalue weighted by Crippen LogP contribution is -2.54. The van der Waals surface area contributed by atoms with Gasteiger partial charge in [0.2, 0.25) is 0 Å². The van der Waals surface area contributed by atoms with E-state index in [9.17, 15) is 14.4 Å². The Balaban J connectivity index is 2.05. The van der Waals surface area contributed by atoms with E-state index in [0.29, 0.717) is 0 Å². The third-order valence-corrected chi connectivity index (χ3v) is 4.28. The van der Waals surface area contributed by atoms with E-state index >= 15 is 0 Å². The number of hydrogen-bond acceptors (Lipinski definition) is 3. The highest BCUT2D eigenvalue weighted by Gasteiger charge is 2.35. The molecule has 1 saturated heterocycles. The summed E-state index contributed by atoms with van der Waals surface area (Å²) in [5.74, 6) is -1.31. The van der Waals surface area contributed by atoms with Crippen LogP contribution in [0.4, 0.5) is 4.79 Å². The second kappa shape index (κ2) is 6.84. The molecule has 1 aromatic carbocycles. The number of para-hydroxylation sites is 1. The summed E-state index contributed by atoms with van der Waals surface area (Å²) >= 11 is 0. The van der Waals surface area contributed by atoms with Crippen LogP contribution in [0.1, 0.15) is 17.0 Å². The van der Waals surface area contributed by atoms with Gasteiger partial charge in [-0.2, -0.15) is 0 Å². The minimum absolute atomic E-state index is 0.0400. The van der Waals surface area contributed by atoms with Gasteiger partial charge in [-0.1, -0.05) is 24.3 Å². The predicted octanol–water partition coefficient (Wildman–Crippen LogP) is 2.74. The number of rotatable bonds is 4. The number of barbiturate groups is 1. The smallest absolute Gasteiger partial charge is 0.318 e. The van der Waals surface area contributed by atoms with Crippen molar-refractivity contribution in [2.75, 3.05) is 6.54 Å². The number of carbonyl (C=O) groups excluding carboxylic acids is 3. The Hall–Kier alpha value is -3.41. The summed E-state index contributed by atoms with van der Waals surface area (Å²) in [6.45, 7) is 7.45. The van der Waals surface area contributed by atoms with Crippen LogP contribution in [0.2, 0.25) is 0 Å². The van der Waals surface area contributed by atoms with Crippen LogP contribution in [0.15, 0.2) is 54.6 Å². The van der Waals surface area contributed by atoms with Gasteiger partial charge < -0.3 is 4.57 Å². The fourth-order valence-corrected chi connectivity index (χ4v) is 3.05. The van der Waals surface area contributed by atoms with E-state index in [-0.39, 0.29) is 12.1 Å². The standard InChI is InChI=1S/C20H19N3O3/c1-4-10-22-19(25)17(18(24)21-20(22)26)12-15-11-13(2)23(14(15)3)16-8-6-5-7-9-16/h4-9,11-12H,1,10H2,2-3H3,(H,21,24,26)/b17-12-. The number of hydrogen-bond donors (Lipinski definition) is 1. The van der Waals surface area contributed by atoms with Crippen molar-refractivity contribution in [1.82, 2.24) is 14.8 Å². The maximum atomic E-state index is 12.5. The molecule has 3 rings (SSSR count). The van der Waals surface area contributed by atoms with Gasteiger partial charge in [0.25, 0.3) is 11.8 Å². The molecule has 1 aliphatic heterocycles. The molecule has 1 N–H and O–H groups in total. The molecule has 6 nitrogen and oxygen atoms in total. The van der Waals surface area contributed by atoms with Gasteiger partial charge in [-0.3, -0.25) is 19.8 Å². The number of amides is 4. The zero-order valence-corrected chi connectivity index (χ0v) is 14.7. The van der Waals surface area contributed by atoms with Crippen LogP contribution in [0.3, 0.4) is 0 Å². The van der Waals surface area contributed by atoms with Crippen molar-refractivity contribution in [3.8, 4) is 5.69 Å². The number of nitrogens with one attached hydrogen (secondary N) is 1. The predicted molar refractivity (Wildman–Crippen MR) is 98.7 cm³/mol. The van der Waals surface area contributed by atoms with Crippen molar-refractivity contribution in [2.45, 2.75) is 13.8 Å². The highest BCUT2D eigenvalue weighted by atomic mass is 16.2. The number of carbonyl (C=O) groups is 3. The van der Waals surface area contributed by atoms with Crippen molar-refractivity contribution in [3.05, 3.63) is 71.6 Å². The lowest BCUT2D eigenvalue weighted by molar-refractivity contribution is -0.129. The van der Waals surface area contributed by atoms with E-state index in [1.165, 1.54) is 12.2 Å². The zero-order chi connectivity index (χ0) is 18.8. The average molecular weight is 349 g/mol. The van der Waals surface area contributed by atoms with Gasteiger partial charge in [0.05, 0.1) is 0 Å². The van der Waals surface area contributed by atoms with Crippen LogP contribution < -0.4 is 5.32 Å². The molecule has 132 valence electrons. The molecule has 6 heteroatoms. The van der Waals surface area contributed by atoms with Crippen molar-refractivity contribution in [3.63, 3.8) is 0 Å². The van der Waals surface area contributed by atoms with Gasteiger partial charge in [0.15, 0.2) is 0 Å². The molecule has 0 aliphatic carbocycles. The number of aromatic nitrogens is 1. The lowest BCUT2D eigenvalue weighted by Gasteiger charge is -2.25. The summed E-state index contributed by atoms with van der Waals surface area (Å²) in [5, 5.41) is 2.19. The molecule has 0 radical (unpaired) electrons. The first kappa shape index (κ1) is 17.4. The SMILES string of the molecule is C=CCN1C(=O)NC(=O)/C(=C/c2cc(C)n(-c3ccccc3)c2C)C1=O. The van der Waals surface area contributed by atoms with Crippen molar-refractivity contribution in [2.24, 2.45) is 0 Å². The number of benzene rings is 1. The number of imide groups is 2. The molecule has 0 spiro atoms. The van der Waals surface area contributed by atoms with Gasteiger partial charge >= 0.3 is 6.03 Å². The Labute approximate surface area is 151 Å². The quantitative estimate of drug-likeness (QED) is 0.524. The van der Waals surface area contributed by atoms with Crippen LogP contribution in [-0.2, 0) is 9.59 Å². The summed E-state index contributed by atoms with van der Waals surface area (Å²) in [6, 6.07) is 11.0. The number of urea groups is 1. The molecular weight excluding hydrogens is 330 g/mol.